The number of nitrogens with zero attached hydrogens (tertiary/aromatic N) is 4. The van der Waals surface area contributed by atoms with E-state index in [2.05, 4.69) is 51.1 Å². The first kappa shape index (κ1) is 37.2. The fraction of sp³-hybridized carbons (Fsp3) is 0.325. The van der Waals surface area contributed by atoms with Crippen LogP contribution >= 0.6 is 11.3 Å². The number of anilines is 3. The summed E-state index contributed by atoms with van der Waals surface area (Å²) >= 11 is 1.22. The predicted octanol–water partition coefficient (Wildman–Crippen LogP) is 7.98. The zero-order chi connectivity index (χ0) is 36.2. The summed E-state index contributed by atoms with van der Waals surface area (Å²) in [4.78, 5) is 63.6. The minimum Gasteiger partial charge on any atom is -0.379 e. The van der Waals surface area contributed by atoms with Crippen molar-refractivity contribution < 1.29 is 28.8 Å². The molecule has 264 valence electrons. The Balaban J connectivity index is 1.41. The Hall–Kier alpha value is -5.06. The molecule has 1 aliphatic heterocycles. The average molecular weight is 707 g/mol. The summed E-state index contributed by atoms with van der Waals surface area (Å²) in [6.07, 6.45) is 3.70. The predicted molar refractivity (Wildman–Crippen MR) is 200 cm³/mol. The first-order valence-corrected chi connectivity index (χ1v) is 18.0. The molecule has 1 aliphatic rings. The number of Topliss-reactive ketones (excluding diaryl/α,β-unsaturated/α-hetero) is 2. The average Bonchev–Trinajstić information content (AvgIpc) is 3.72. The Morgan fingerprint density at radius 1 is 0.882 bits per heavy atom. The summed E-state index contributed by atoms with van der Waals surface area (Å²) in [5, 5.41) is 5.74. The van der Waals surface area contributed by atoms with E-state index >= 15 is 0 Å². The van der Waals surface area contributed by atoms with E-state index in [-0.39, 0.29) is 30.2 Å². The Morgan fingerprint density at radius 3 is 2.06 bits per heavy atom. The highest BCUT2D eigenvalue weighted by Gasteiger charge is 2.36. The Labute approximate surface area is 302 Å². The molecule has 2 heterocycles. The van der Waals surface area contributed by atoms with Gasteiger partial charge in [-0.1, -0.05) is 30.3 Å². The van der Waals surface area contributed by atoms with Crippen LogP contribution in [0.3, 0.4) is 0 Å². The number of carbonyl (C=O) groups excluding carboxylic acids is 4. The molecule has 0 aliphatic carbocycles. The number of oxime groups is 1. The lowest BCUT2D eigenvalue weighted by atomic mass is 9.90. The second-order valence-corrected chi connectivity index (χ2v) is 13.5. The van der Waals surface area contributed by atoms with Gasteiger partial charge in [0.15, 0.2) is 5.78 Å². The highest BCUT2D eigenvalue weighted by molar-refractivity contribution is 7.11. The van der Waals surface area contributed by atoms with Crippen LogP contribution in [0, 0.1) is 0 Å². The van der Waals surface area contributed by atoms with Gasteiger partial charge in [-0.05, 0) is 117 Å². The number of unbranched alkanes of at least 4 members (excludes halogenated alkanes) is 1. The van der Waals surface area contributed by atoms with Gasteiger partial charge in [-0.25, -0.2) is 14.6 Å². The first-order valence-electron chi connectivity index (χ1n) is 17.1. The minimum atomic E-state index is -0.669. The number of ketones is 2. The molecule has 10 nitrogen and oxygen atoms in total. The molecule has 0 atom stereocenters. The molecule has 0 N–H and O–H groups in total. The van der Waals surface area contributed by atoms with Crippen molar-refractivity contribution in [3.05, 3.63) is 112 Å². The van der Waals surface area contributed by atoms with Gasteiger partial charge in [0.25, 0.3) is 0 Å². The van der Waals surface area contributed by atoms with Crippen molar-refractivity contribution in [1.82, 2.24) is 4.90 Å². The number of aryl methyl sites for hydroxylation is 1. The second kappa shape index (κ2) is 17.7. The zero-order valence-electron chi connectivity index (χ0n) is 29.2. The summed E-state index contributed by atoms with van der Waals surface area (Å²) in [5.74, 6) is -0.963. The van der Waals surface area contributed by atoms with E-state index in [4.69, 9.17) is 9.57 Å². The van der Waals surface area contributed by atoms with Crippen LogP contribution in [0.4, 0.5) is 17.1 Å². The van der Waals surface area contributed by atoms with Crippen LogP contribution < -0.4 is 4.90 Å². The third kappa shape index (κ3) is 9.39. The third-order valence-electron chi connectivity index (χ3n) is 8.96. The van der Waals surface area contributed by atoms with Crippen LogP contribution in [0.2, 0.25) is 0 Å². The van der Waals surface area contributed by atoms with Crippen LogP contribution in [0.25, 0.3) is 0 Å². The molecule has 3 aromatic carbocycles. The standard InChI is InChI=1S/C40H42N4O6S/c1-4-29-10-16-32(17-11-29)44(34-20-14-31(15-21-34)38(47)40(2,3)43-23-25-49-26-24-43)33-18-12-30(13-19-33)37(46)35(8-5-6-22-41-28-45)42-50-39(48)36-9-7-27-51-36/h7,9-21,27H,4-6,8,22-26H2,1-3H3/b42-35+. The lowest BCUT2D eigenvalue weighted by Crippen LogP contribution is -2.54. The van der Waals surface area contributed by atoms with E-state index in [1.165, 1.54) is 23.0 Å². The number of hydrogen-bond donors (Lipinski definition) is 0. The Bertz CT molecular complexity index is 1860. The summed E-state index contributed by atoms with van der Waals surface area (Å²) in [5.41, 5.74) is 4.20. The number of aliphatic imine (C=N–C) groups is 1. The molecule has 0 bridgehead atoms. The van der Waals surface area contributed by atoms with Crippen LogP contribution in [0.15, 0.2) is 100 Å². The third-order valence-corrected chi connectivity index (χ3v) is 9.81. The maximum Gasteiger partial charge on any atom is 0.375 e. The number of thiophene rings is 1. The molecule has 0 saturated carbocycles. The maximum absolute atomic E-state index is 13.7. The van der Waals surface area contributed by atoms with Crippen LogP contribution in [-0.4, -0.2) is 72.6 Å². The van der Waals surface area contributed by atoms with Crippen molar-refractivity contribution in [3.63, 3.8) is 0 Å². The van der Waals surface area contributed by atoms with Gasteiger partial charge in [0.1, 0.15) is 10.6 Å². The van der Waals surface area contributed by atoms with Crippen molar-refractivity contribution >= 4 is 57.7 Å². The normalized spacial score (nSPS) is 13.7. The molecule has 1 saturated heterocycles. The lowest BCUT2D eigenvalue weighted by molar-refractivity contribution is -0.00430. The van der Waals surface area contributed by atoms with E-state index in [9.17, 15) is 19.2 Å². The van der Waals surface area contributed by atoms with Crippen molar-refractivity contribution in [2.75, 3.05) is 37.7 Å². The van der Waals surface area contributed by atoms with E-state index in [0.29, 0.717) is 55.1 Å². The summed E-state index contributed by atoms with van der Waals surface area (Å²) < 4.78 is 5.50. The molecule has 1 fully saturated rings. The van der Waals surface area contributed by atoms with Gasteiger partial charge in [0, 0.05) is 41.3 Å². The Kier molecular flexibility index (Phi) is 12.9. The number of morpholine rings is 1. The molecule has 11 heteroatoms. The van der Waals surface area contributed by atoms with E-state index in [0.717, 1.165) is 23.5 Å². The van der Waals surface area contributed by atoms with Gasteiger partial charge in [-0.3, -0.25) is 14.5 Å². The minimum absolute atomic E-state index is 0.0488. The molecule has 0 radical (unpaired) electrons. The first-order chi connectivity index (χ1) is 24.7. The number of ether oxygens (including phenoxy) is 1. The van der Waals surface area contributed by atoms with Crippen LogP contribution in [0.1, 0.15) is 76.0 Å². The largest absolute Gasteiger partial charge is 0.379 e. The highest BCUT2D eigenvalue weighted by Crippen LogP contribution is 2.35. The van der Waals surface area contributed by atoms with E-state index in [1.807, 2.05) is 50.2 Å². The van der Waals surface area contributed by atoms with E-state index < -0.39 is 11.5 Å². The van der Waals surface area contributed by atoms with Crippen LogP contribution in [0.5, 0.6) is 0 Å². The lowest BCUT2D eigenvalue weighted by Gasteiger charge is -2.39. The number of isocyanates is 1. The van der Waals surface area contributed by atoms with Crippen molar-refractivity contribution in [2.45, 2.75) is 52.0 Å². The highest BCUT2D eigenvalue weighted by atomic mass is 32.1. The number of rotatable bonds is 16. The topological polar surface area (TPSA) is 118 Å². The molecule has 1 aromatic heterocycles. The molecular formula is C40H42N4O6S. The number of hydrogen-bond acceptors (Lipinski definition) is 11. The molecule has 5 rings (SSSR count). The molecule has 51 heavy (non-hydrogen) atoms. The fourth-order valence-corrected chi connectivity index (χ4v) is 6.50. The smallest absolute Gasteiger partial charge is 0.375 e. The molecular weight excluding hydrogens is 665 g/mol. The number of benzene rings is 3. The molecule has 4 aromatic rings. The summed E-state index contributed by atoms with van der Waals surface area (Å²) in [6, 6.07) is 26.4. The molecule has 0 spiro atoms. The van der Waals surface area contributed by atoms with Gasteiger partial charge in [-0.2, -0.15) is 0 Å². The van der Waals surface area contributed by atoms with Crippen molar-refractivity contribution in [2.24, 2.45) is 10.1 Å². The van der Waals surface area contributed by atoms with Gasteiger partial charge in [0.2, 0.25) is 11.9 Å². The van der Waals surface area contributed by atoms with Gasteiger partial charge in [-0.15, -0.1) is 11.3 Å². The number of carbonyl (C=O) groups is 3. The quantitative estimate of drug-likeness (QED) is 0.0288. The van der Waals surface area contributed by atoms with Gasteiger partial charge < -0.3 is 14.5 Å². The van der Waals surface area contributed by atoms with E-state index in [1.54, 1.807) is 29.6 Å². The van der Waals surface area contributed by atoms with Crippen molar-refractivity contribution in [3.8, 4) is 0 Å². The Morgan fingerprint density at radius 2 is 1.49 bits per heavy atom. The second-order valence-electron chi connectivity index (χ2n) is 12.6. The SMILES string of the molecule is CCc1ccc(N(c2ccc(C(=O)/C(CCCCN=C=O)=N/OC(=O)c3cccs3)cc2)c2ccc(C(=O)C(C)(C)N3CCOCC3)cc2)cc1. The van der Waals surface area contributed by atoms with Gasteiger partial charge in [0.05, 0.1) is 25.3 Å². The van der Waals surface area contributed by atoms with Crippen molar-refractivity contribution in [1.29, 1.82) is 0 Å². The maximum atomic E-state index is 13.7. The summed E-state index contributed by atoms with van der Waals surface area (Å²) in [7, 11) is 0. The summed E-state index contributed by atoms with van der Waals surface area (Å²) in [6.45, 7) is 8.96. The fourth-order valence-electron chi connectivity index (χ4n) is 5.90. The monoisotopic (exact) mass is 706 g/mol. The molecule has 0 amide bonds. The molecule has 0 unspecified atom stereocenters. The van der Waals surface area contributed by atoms with Crippen LogP contribution in [-0.2, 0) is 20.8 Å². The zero-order valence-corrected chi connectivity index (χ0v) is 30.0. The van der Waals surface area contributed by atoms with Gasteiger partial charge >= 0.3 is 5.97 Å².